The van der Waals surface area contributed by atoms with Gasteiger partial charge in [0.05, 0.1) is 0 Å². The summed E-state index contributed by atoms with van der Waals surface area (Å²) >= 11 is 7.19. The first-order valence-corrected chi connectivity index (χ1v) is 5.18. The minimum atomic E-state index is 0.477. The topological polar surface area (TPSA) is 0 Å². The monoisotopic (exact) mass is 276 g/mol. The molecule has 0 amide bonds. The maximum atomic E-state index is 4.84. The standard InChI is InChI=1S/C9H9IS/c10-9(7-11)6-8-4-2-1-3-5-8/h1-5,7,9H,6H2. The van der Waals surface area contributed by atoms with Crippen LogP contribution in [-0.4, -0.2) is 9.29 Å². The van der Waals surface area contributed by atoms with Crippen LogP contribution in [0.5, 0.6) is 0 Å². The summed E-state index contributed by atoms with van der Waals surface area (Å²) in [6.07, 6.45) is 1.05. The molecule has 1 unspecified atom stereocenters. The molecule has 1 aromatic rings. The molecular formula is C9H9IS. The molecule has 0 N–H and O–H groups in total. The molecule has 0 bridgehead atoms. The average molecular weight is 276 g/mol. The molecule has 0 spiro atoms. The number of benzene rings is 1. The van der Waals surface area contributed by atoms with E-state index in [0.29, 0.717) is 3.92 Å². The second-order valence-corrected chi connectivity index (χ2v) is 4.21. The normalized spacial score (nSPS) is 12.5. The first-order chi connectivity index (χ1) is 5.33. The Hall–Kier alpha value is 0.0400. The predicted octanol–water partition coefficient (Wildman–Crippen LogP) is 3.03. The van der Waals surface area contributed by atoms with Crippen molar-refractivity contribution in [3.05, 3.63) is 35.9 Å². The van der Waals surface area contributed by atoms with Gasteiger partial charge in [-0.25, -0.2) is 0 Å². The molecule has 1 atom stereocenters. The summed E-state index contributed by atoms with van der Waals surface area (Å²) in [5, 5.41) is 1.81. The molecule has 11 heavy (non-hydrogen) atoms. The lowest BCUT2D eigenvalue weighted by Crippen LogP contribution is -2.01. The molecule has 0 heterocycles. The summed E-state index contributed by atoms with van der Waals surface area (Å²) in [5.41, 5.74) is 1.35. The minimum absolute atomic E-state index is 0.477. The number of alkyl halides is 1. The lowest BCUT2D eigenvalue weighted by Gasteiger charge is -2.01. The molecule has 0 aliphatic rings. The van der Waals surface area contributed by atoms with Gasteiger partial charge in [0, 0.05) is 3.92 Å². The van der Waals surface area contributed by atoms with Gasteiger partial charge in [0.2, 0.25) is 0 Å². The Labute approximate surface area is 86.1 Å². The van der Waals surface area contributed by atoms with Crippen molar-refractivity contribution < 1.29 is 0 Å². The van der Waals surface area contributed by atoms with E-state index in [1.807, 2.05) is 11.4 Å². The fourth-order valence-electron chi connectivity index (χ4n) is 0.887. The second-order valence-electron chi connectivity index (χ2n) is 2.34. The average Bonchev–Trinajstić information content (AvgIpc) is 2.06. The van der Waals surface area contributed by atoms with Gasteiger partial charge in [0.15, 0.2) is 0 Å². The van der Waals surface area contributed by atoms with Crippen LogP contribution in [0.4, 0.5) is 0 Å². The number of halogens is 1. The summed E-state index contributed by atoms with van der Waals surface area (Å²) in [5.74, 6) is 0. The van der Waals surface area contributed by atoms with Crippen LogP contribution in [0, 0.1) is 0 Å². The third-order valence-corrected chi connectivity index (χ3v) is 3.04. The zero-order valence-corrected chi connectivity index (χ0v) is 9.01. The van der Waals surface area contributed by atoms with Crippen LogP contribution in [0.3, 0.4) is 0 Å². The molecule has 0 nitrogen and oxygen atoms in total. The maximum absolute atomic E-state index is 4.84. The predicted molar refractivity (Wildman–Crippen MR) is 61.6 cm³/mol. The Bertz CT molecular complexity index is 220. The summed E-state index contributed by atoms with van der Waals surface area (Å²) in [6.45, 7) is 0. The molecule has 0 saturated carbocycles. The van der Waals surface area contributed by atoms with E-state index in [9.17, 15) is 0 Å². The van der Waals surface area contributed by atoms with Gasteiger partial charge in [-0.2, -0.15) is 0 Å². The Morgan fingerprint density at radius 1 is 1.36 bits per heavy atom. The molecule has 0 radical (unpaired) electrons. The third kappa shape index (κ3) is 3.29. The minimum Gasteiger partial charge on any atom is -0.0923 e. The van der Waals surface area contributed by atoms with Crippen molar-refractivity contribution >= 4 is 40.2 Å². The third-order valence-electron chi connectivity index (χ3n) is 1.42. The summed E-state index contributed by atoms with van der Waals surface area (Å²) in [7, 11) is 0. The van der Waals surface area contributed by atoms with Crippen LogP contribution in [0.2, 0.25) is 0 Å². The van der Waals surface area contributed by atoms with Gasteiger partial charge in [0.25, 0.3) is 0 Å². The Morgan fingerprint density at radius 2 is 2.00 bits per heavy atom. The van der Waals surface area contributed by atoms with E-state index in [0.717, 1.165) is 6.42 Å². The fraction of sp³-hybridized carbons (Fsp3) is 0.222. The first-order valence-electron chi connectivity index (χ1n) is 3.46. The number of hydrogen-bond donors (Lipinski definition) is 0. The fourth-order valence-corrected chi connectivity index (χ4v) is 1.49. The van der Waals surface area contributed by atoms with Crippen molar-refractivity contribution in [2.75, 3.05) is 0 Å². The van der Waals surface area contributed by atoms with Crippen molar-refractivity contribution in [1.82, 2.24) is 0 Å². The Kier molecular flexibility index (Phi) is 4.01. The molecule has 0 fully saturated rings. The van der Waals surface area contributed by atoms with Crippen molar-refractivity contribution in [2.45, 2.75) is 10.3 Å². The SMILES string of the molecule is S=CC(I)Cc1ccccc1. The number of hydrogen-bond acceptors (Lipinski definition) is 1. The van der Waals surface area contributed by atoms with Crippen molar-refractivity contribution in [2.24, 2.45) is 0 Å². The highest BCUT2D eigenvalue weighted by atomic mass is 127. The van der Waals surface area contributed by atoms with Crippen LogP contribution in [0.25, 0.3) is 0 Å². The van der Waals surface area contributed by atoms with Crippen LogP contribution in [0.15, 0.2) is 30.3 Å². The highest BCUT2D eigenvalue weighted by molar-refractivity contribution is 14.1. The molecule has 0 saturated heterocycles. The van der Waals surface area contributed by atoms with Gasteiger partial charge in [0.1, 0.15) is 0 Å². The smallest absolute Gasteiger partial charge is 0.0433 e. The zero-order chi connectivity index (χ0) is 8.10. The van der Waals surface area contributed by atoms with Crippen molar-refractivity contribution in [1.29, 1.82) is 0 Å². The number of thiocarbonyl (C=S) groups is 1. The second kappa shape index (κ2) is 4.83. The molecule has 58 valence electrons. The van der Waals surface area contributed by atoms with Crippen molar-refractivity contribution in [3.63, 3.8) is 0 Å². The highest BCUT2D eigenvalue weighted by Gasteiger charge is 1.99. The maximum Gasteiger partial charge on any atom is 0.0433 e. The van der Waals surface area contributed by atoms with Gasteiger partial charge in [-0.15, -0.1) is 0 Å². The van der Waals surface area contributed by atoms with Crippen LogP contribution < -0.4 is 0 Å². The van der Waals surface area contributed by atoms with Crippen LogP contribution in [-0.2, 0) is 6.42 Å². The largest absolute Gasteiger partial charge is 0.0923 e. The quantitative estimate of drug-likeness (QED) is 0.464. The van der Waals surface area contributed by atoms with Crippen LogP contribution >= 0.6 is 34.8 Å². The van der Waals surface area contributed by atoms with E-state index in [2.05, 4.69) is 46.9 Å². The summed E-state index contributed by atoms with van der Waals surface area (Å²) in [4.78, 5) is 0. The lowest BCUT2D eigenvalue weighted by molar-refractivity contribution is 1.11. The zero-order valence-electron chi connectivity index (χ0n) is 6.03. The lowest BCUT2D eigenvalue weighted by atomic mass is 10.1. The van der Waals surface area contributed by atoms with Crippen molar-refractivity contribution in [3.8, 4) is 0 Å². The summed E-state index contributed by atoms with van der Waals surface area (Å²) in [6, 6.07) is 10.4. The van der Waals surface area contributed by atoms with E-state index < -0.39 is 0 Å². The molecule has 2 heteroatoms. The highest BCUT2D eigenvalue weighted by Crippen LogP contribution is 2.08. The first kappa shape index (κ1) is 9.13. The van der Waals surface area contributed by atoms with Crippen LogP contribution in [0.1, 0.15) is 5.56 Å². The van der Waals surface area contributed by atoms with Gasteiger partial charge >= 0.3 is 0 Å². The van der Waals surface area contributed by atoms with E-state index in [-0.39, 0.29) is 0 Å². The van der Waals surface area contributed by atoms with E-state index in [1.54, 1.807) is 0 Å². The molecule has 0 aliphatic heterocycles. The molecule has 1 aromatic carbocycles. The van der Waals surface area contributed by atoms with E-state index in [4.69, 9.17) is 12.2 Å². The van der Waals surface area contributed by atoms with E-state index >= 15 is 0 Å². The van der Waals surface area contributed by atoms with Gasteiger partial charge in [-0.3, -0.25) is 0 Å². The van der Waals surface area contributed by atoms with E-state index in [1.165, 1.54) is 5.56 Å². The van der Waals surface area contributed by atoms with Gasteiger partial charge in [-0.05, 0) is 17.4 Å². The molecular weight excluding hydrogens is 267 g/mol. The molecule has 0 aromatic heterocycles. The molecule has 1 rings (SSSR count). The van der Waals surface area contributed by atoms with Gasteiger partial charge < -0.3 is 0 Å². The number of rotatable bonds is 3. The Morgan fingerprint density at radius 3 is 2.55 bits per heavy atom. The molecule has 0 aliphatic carbocycles. The Balaban J connectivity index is 2.57. The van der Waals surface area contributed by atoms with Gasteiger partial charge in [-0.1, -0.05) is 65.1 Å². The summed E-state index contributed by atoms with van der Waals surface area (Å²) < 4.78 is 0.477.